The molecule has 0 amide bonds. The lowest BCUT2D eigenvalue weighted by atomic mass is 10.3. The third kappa shape index (κ3) is 0.778. The highest BCUT2D eigenvalue weighted by Gasteiger charge is 1.93. The first-order chi connectivity index (χ1) is 4.86. The van der Waals surface area contributed by atoms with Gasteiger partial charge in [0.1, 0.15) is 0 Å². The molecule has 0 saturated carbocycles. The Hall–Kier alpha value is -1.000. The van der Waals surface area contributed by atoms with E-state index in [0.29, 0.717) is 0 Å². The van der Waals surface area contributed by atoms with Gasteiger partial charge in [-0.3, -0.25) is 0 Å². The summed E-state index contributed by atoms with van der Waals surface area (Å²) in [7, 11) is 0. The van der Waals surface area contributed by atoms with Crippen LogP contribution in [0.3, 0.4) is 0 Å². The molecule has 1 heteroatoms. The average Bonchev–Trinajstić information content (AvgIpc) is 2.27. The van der Waals surface area contributed by atoms with Gasteiger partial charge in [-0.05, 0) is 25.1 Å². The third-order valence-corrected chi connectivity index (χ3v) is 2.42. The Morgan fingerprint density at radius 1 is 1.50 bits per heavy atom. The minimum atomic E-state index is 1.19. The van der Waals surface area contributed by atoms with Crippen LogP contribution in [0.4, 0.5) is 0 Å². The van der Waals surface area contributed by atoms with Crippen molar-refractivity contribution in [2.45, 2.75) is 6.92 Å². The summed E-state index contributed by atoms with van der Waals surface area (Å²) in [6, 6.07) is 12.1. The molecule has 0 saturated heterocycles. The van der Waals surface area contributed by atoms with E-state index in [1.54, 1.807) is 11.3 Å². The molecule has 0 N–H and O–H groups in total. The van der Waals surface area contributed by atoms with E-state index in [1.165, 1.54) is 15.0 Å². The third-order valence-electron chi connectivity index (χ3n) is 1.41. The summed E-state index contributed by atoms with van der Waals surface area (Å²) < 4.78 is 1.30. The predicted octanol–water partition coefficient (Wildman–Crippen LogP) is 2.81. The van der Waals surface area contributed by atoms with E-state index in [4.69, 9.17) is 0 Å². The number of rotatable bonds is 0. The van der Waals surface area contributed by atoms with Gasteiger partial charge in [-0.1, -0.05) is 12.1 Å². The zero-order chi connectivity index (χ0) is 6.97. The van der Waals surface area contributed by atoms with Crippen molar-refractivity contribution in [1.82, 2.24) is 0 Å². The number of hydrogen-bond acceptors (Lipinski definition) is 1. The maximum Gasteiger partial charge on any atom is 0.0436 e. The molecule has 0 spiro atoms. The van der Waals surface area contributed by atoms with Crippen LogP contribution in [0.1, 0.15) is 4.88 Å². The van der Waals surface area contributed by atoms with E-state index in [9.17, 15) is 0 Å². The normalized spacial score (nSPS) is 9.70. The molecule has 1 aromatic carbocycles. The maximum atomic E-state index is 3.06. The van der Waals surface area contributed by atoms with Crippen molar-refractivity contribution < 1.29 is 0 Å². The summed E-state index contributed by atoms with van der Waals surface area (Å²) in [5.41, 5.74) is 0. The molecule has 0 radical (unpaired) electrons. The van der Waals surface area contributed by atoms with E-state index < -0.39 is 0 Å². The highest BCUT2D eigenvalue weighted by atomic mass is 32.1. The first-order valence-corrected chi connectivity index (χ1v) is 3.96. The Morgan fingerprint density at radius 3 is 3.20 bits per heavy atom. The standard InChI is InChI=1S/C9H6S/c1-7-6-8-4-2-3-5-9(8)10-7/h3,5-6H,1H3. The zero-order valence-electron chi connectivity index (χ0n) is 5.64. The van der Waals surface area contributed by atoms with Gasteiger partial charge in [0.15, 0.2) is 0 Å². The number of fused-ring (bicyclic) bond motifs is 1. The molecule has 0 aliphatic carbocycles. The lowest BCUT2D eigenvalue weighted by Crippen LogP contribution is -1.53. The average molecular weight is 146 g/mol. The maximum absolute atomic E-state index is 3.06. The smallest absolute Gasteiger partial charge is 0.0436 e. The van der Waals surface area contributed by atoms with Crippen molar-refractivity contribution in [3.63, 3.8) is 0 Å². The second-order valence-electron chi connectivity index (χ2n) is 2.24. The fourth-order valence-electron chi connectivity index (χ4n) is 0.991. The minimum Gasteiger partial charge on any atom is -0.140 e. The zero-order valence-corrected chi connectivity index (χ0v) is 6.46. The monoisotopic (exact) mass is 146 g/mol. The molecule has 2 rings (SSSR count). The van der Waals surface area contributed by atoms with Crippen molar-refractivity contribution in [3.8, 4) is 0 Å². The van der Waals surface area contributed by atoms with E-state index in [0.717, 1.165) is 0 Å². The minimum absolute atomic E-state index is 1.19. The molecule has 1 aromatic heterocycles. The van der Waals surface area contributed by atoms with Crippen LogP contribution >= 0.6 is 11.3 Å². The van der Waals surface area contributed by atoms with Crippen LogP contribution in [0.5, 0.6) is 0 Å². The highest BCUT2D eigenvalue weighted by Crippen LogP contribution is 2.21. The number of aryl methyl sites for hydroxylation is 1. The summed E-state index contributed by atoms with van der Waals surface area (Å²) >= 11 is 1.80. The van der Waals surface area contributed by atoms with Gasteiger partial charge in [0.25, 0.3) is 0 Å². The number of hydrogen-bond donors (Lipinski definition) is 0. The van der Waals surface area contributed by atoms with E-state index in [1.807, 2.05) is 6.07 Å². The Bertz CT molecular complexity index is 313. The molecule has 0 atom stereocenters. The van der Waals surface area contributed by atoms with Gasteiger partial charge >= 0.3 is 0 Å². The Balaban J connectivity index is 2.88. The summed E-state index contributed by atoms with van der Waals surface area (Å²) in [6.07, 6.45) is 0. The van der Waals surface area contributed by atoms with Gasteiger partial charge in [0, 0.05) is 15.0 Å². The second kappa shape index (κ2) is 2.00. The predicted molar refractivity (Wildman–Crippen MR) is 44.2 cm³/mol. The first-order valence-electron chi connectivity index (χ1n) is 3.15. The number of thiophene rings is 1. The molecule has 1 heterocycles. The van der Waals surface area contributed by atoms with Crippen molar-refractivity contribution in [2.75, 3.05) is 0 Å². The summed E-state index contributed by atoms with van der Waals surface area (Å²) in [6.45, 7) is 2.11. The quantitative estimate of drug-likeness (QED) is 0.536. The molecule has 0 aliphatic heterocycles. The molecule has 0 aliphatic rings. The lowest BCUT2D eigenvalue weighted by molar-refractivity contribution is 1.66. The largest absolute Gasteiger partial charge is 0.140 e. The van der Waals surface area contributed by atoms with E-state index >= 15 is 0 Å². The molecule has 0 bridgehead atoms. The molecular formula is C9H6S. The molecule has 48 valence electrons. The van der Waals surface area contributed by atoms with Crippen LogP contribution in [0.2, 0.25) is 0 Å². The van der Waals surface area contributed by atoms with Gasteiger partial charge in [-0.15, -0.1) is 11.3 Å². The van der Waals surface area contributed by atoms with Crippen LogP contribution in [-0.4, -0.2) is 0 Å². The van der Waals surface area contributed by atoms with Crippen molar-refractivity contribution in [3.05, 3.63) is 35.2 Å². The first kappa shape index (κ1) is 5.76. The van der Waals surface area contributed by atoms with Gasteiger partial charge in [0.05, 0.1) is 0 Å². The molecule has 0 nitrogen and oxygen atoms in total. The molecule has 2 aromatic rings. The van der Waals surface area contributed by atoms with Crippen molar-refractivity contribution in [1.29, 1.82) is 0 Å². The Kier molecular flexibility index (Phi) is 1.15. The van der Waals surface area contributed by atoms with Crippen LogP contribution in [0.25, 0.3) is 10.1 Å². The van der Waals surface area contributed by atoms with Gasteiger partial charge in [0.2, 0.25) is 0 Å². The van der Waals surface area contributed by atoms with E-state index in [-0.39, 0.29) is 0 Å². The summed E-state index contributed by atoms with van der Waals surface area (Å²) in [5, 5.41) is 1.19. The summed E-state index contributed by atoms with van der Waals surface area (Å²) in [5.74, 6) is 0. The van der Waals surface area contributed by atoms with Crippen LogP contribution in [-0.2, 0) is 0 Å². The topological polar surface area (TPSA) is 0 Å². The van der Waals surface area contributed by atoms with Gasteiger partial charge in [-0.25, -0.2) is 0 Å². The summed E-state index contributed by atoms with van der Waals surface area (Å²) in [4.78, 5) is 1.34. The Morgan fingerprint density at radius 2 is 2.40 bits per heavy atom. The van der Waals surface area contributed by atoms with Crippen LogP contribution < -0.4 is 0 Å². The second-order valence-corrected chi connectivity index (χ2v) is 3.53. The lowest BCUT2D eigenvalue weighted by Gasteiger charge is -1.76. The van der Waals surface area contributed by atoms with Gasteiger partial charge < -0.3 is 0 Å². The van der Waals surface area contributed by atoms with E-state index in [2.05, 4.69) is 31.2 Å². The molecule has 10 heavy (non-hydrogen) atoms. The van der Waals surface area contributed by atoms with Crippen molar-refractivity contribution in [2.24, 2.45) is 0 Å². The van der Waals surface area contributed by atoms with Crippen LogP contribution in [0.15, 0.2) is 18.2 Å². The van der Waals surface area contributed by atoms with Crippen molar-refractivity contribution >= 4 is 21.4 Å². The van der Waals surface area contributed by atoms with Gasteiger partial charge in [-0.2, -0.15) is 0 Å². The molecular weight excluding hydrogens is 140 g/mol. The molecule has 0 fully saturated rings. The Labute approximate surface area is 64.1 Å². The van der Waals surface area contributed by atoms with Crippen LogP contribution in [0, 0.1) is 19.1 Å². The fraction of sp³-hybridized carbons (Fsp3) is 0.111. The molecule has 0 unspecified atom stereocenters. The fourth-order valence-corrected chi connectivity index (χ4v) is 1.87. The SMILES string of the molecule is Cc1cc2c#cccc2s1. The highest BCUT2D eigenvalue weighted by molar-refractivity contribution is 7.18.